The van der Waals surface area contributed by atoms with Gasteiger partial charge in [0.1, 0.15) is 5.65 Å². The summed E-state index contributed by atoms with van der Waals surface area (Å²) in [4.78, 5) is 16.8. The highest BCUT2D eigenvalue weighted by atomic mass is 16.5. The Kier molecular flexibility index (Phi) is 4.88. The summed E-state index contributed by atoms with van der Waals surface area (Å²) in [7, 11) is 3.22. The molecule has 25 heavy (non-hydrogen) atoms. The minimum atomic E-state index is -0.130. The van der Waals surface area contributed by atoms with E-state index in [1.807, 2.05) is 48.0 Å². The maximum atomic E-state index is 12.5. The van der Waals surface area contributed by atoms with Crippen LogP contribution >= 0.6 is 0 Å². The first-order valence-electron chi connectivity index (χ1n) is 8.06. The van der Waals surface area contributed by atoms with Crippen LogP contribution < -0.4 is 14.8 Å². The summed E-state index contributed by atoms with van der Waals surface area (Å²) < 4.78 is 12.4. The van der Waals surface area contributed by atoms with Gasteiger partial charge in [0.15, 0.2) is 11.5 Å². The first kappa shape index (κ1) is 16.8. The molecular weight excluding hydrogens is 318 g/mol. The zero-order valence-corrected chi connectivity index (χ0v) is 14.5. The predicted molar refractivity (Wildman–Crippen MR) is 95.4 cm³/mol. The van der Waals surface area contributed by atoms with Gasteiger partial charge >= 0.3 is 0 Å². The normalized spacial score (nSPS) is 12.0. The van der Waals surface area contributed by atoms with Crippen molar-refractivity contribution in [3.05, 3.63) is 60.0 Å². The summed E-state index contributed by atoms with van der Waals surface area (Å²) in [6, 6.07) is 9.34. The third kappa shape index (κ3) is 3.57. The highest BCUT2D eigenvalue weighted by molar-refractivity contribution is 6.00. The number of ether oxygens (including phenoxy) is 2. The van der Waals surface area contributed by atoms with Gasteiger partial charge < -0.3 is 19.2 Å². The van der Waals surface area contributed by atoms with Crippen LogP contribution in [-0.2, 0) is 6.42 Å². The number of rotatable bonds is 6. The average Bonchev–Trinajstić information content (AvgIpc) is 3.05. The molecule has 0 aliphatic heterocycles. The van der Waals surface area contributed by atoms with E-state index in [0.717, 1.165) is 5.56 Å². The maximum absolute atomic E-state index is 12.5. The fraction of sp³-hybridized carbons (Fsp3) is 0.263. The number of methoxy groups -OCH3 is 2. The second kappa shape index (κ2) is 7.25. The lowest BCUT2D eigenvalue weighted by Crippen LogP contribution is -2.34. The van der Waals surface area contributed by atoms with Crippen molar-refractivity contribution in [3.63, 3.8) is 0 Å². The van der Waals surface area contributed by atoms with Gasteiger partial charge in [-0.15, -0.1) is 0 Å². The number of aromatic nitrogens is 2. The smallest absolute Gasteiger partial charge is 0.255 e. The number of fused-ring (bicyclic) bond motifs is 1. The number of benzene rings is 1. The summed E-state index contributed by atoms with van der Waals surface area (Å²) in [5.74, 6) is 1.24. The van der Waals surface area contributed by atoms with Crippen LogP contribution in [-0.4, -0.2) is 35.6 Å². The monoisotopic (exact) mass is 339 g/mol. The van der Waals surface area contributed by atoms with Crippen LogP contribution in [0.5, 0.6) is 11.5 Å². The van der Waals surface area contributed by atoms with E-state index in [9.17, 15) is 4.79 Å². The maximum Gasteiger partial charge on any atom is 0.255 e. The molecule has 0 aliphatic rings. The molecule has 1 aromatic carbocycles. The van der Waals surface area contributed by atoms with Crippen molar-refractivity contribution in [1.29, 1.82) is 0 Å². The number of nitrogens with zero attached hydrogens (tertiary/aromatic N) is 2. The van der Waals surface area contributed by atoms with Gasteiger partial charge in [0, 0.05) is 24.6 Å². The summed E-state index contributed by atoms with van der Waals surface area (Å²) >= 11 is 0. The van der Waals surface area contributed by atoms with E-state index in [-0.39, 0.29) is 11.9 Å². The second-order valence-corrected chi connectivity index (χ2v) is 5.85. The fourth-order valence-corrected chi connectivity index (χ4v) is 2.83. The van der Waals surface area contributed by atoms with Crippen LogP contribution in [0.4, 0.5) is 0 Å². The first-order valence-corrected chi connectivity index (χ1v) is 8.06. The van der Waals surface area contributed by atoms with Gasteiger partial charge in [0.05, 0.1) is 19.8 Å². The van der Waals surface area contributed by atoms with E-state index in [1.165, 1.54) is 0 Å². The zero-order chi connectivity index (χ0) is 17.8. The molecule has 1 unspecified atom stereocenters. The molecule has 3 rings (SSSR count). The third-order valence-electron chi connectivity index (χ3n) is 4.03. The quantitative estimate of drug-likeness (QED) is 0.750. The van der Waals surface area contributed by atoms with Gasteiger partial charge in [0.2, 0.25) is 0 Å². The molecule has 0 aliphatic carbocycles. The second-order valence-electron chi connectivity index (χ2n) is 5.85. The molecule has 0 saturated heterocycles. The van der Waals surface area contributed by atoms with Crippen molar-refractivity contribution in [2.75, 3.05) is 14.2 Å². The summed E-state index contributed by atoms with van der Waals surface area (Å²) in [6.07, 6.45) is 6.06. The van der Waals surface area contributed by atoms with Crippen molar-refractivity contribution in [2.45, 2.75) is 19.4 Å². The summed E-state index contributed by atoms with van der Waals surface area (Å²) in [5, 5.41) is 3.02. The molecule has 0 spiro atoms. The first-order chi connectivity index (χ1) is 12.1. The van der Waals surface area contributed by atoms with Crippen LogP contribution in [0.15, 0.2) is 48.9 Å². The number of hydrogen-bond acceptors (Lipinski definition) is 4. The van der Waals surface area contributed by atoms with Crippen LogP contribution in [0.1, 0.15) is 22.8 Å². The zero-order valence-electron chi connectivity index (χ0n) is 14.5. The van der Waals surface area contributed by atoms with Crippen molar-refractivity contribution < 1.29 is 14.3 Å². The lowest BCUT2D eigenvalue weighted by atomic mass is 10.1. The molecule has 2 aromatic heterocycles. The number of nitrogens with one attached hydrogen (secondary N) is 1. The van der Waals surface area contributed by atoms with Gasteiger partial charge in [0.25, 0.3) is 5.91 Å². The minimum absolute atomic E-state index is 0.0377. The number of carbonyl (C=O) groups excluding carboxylic acids is 1. The highest BCUT2D eigenvalue weighted by Crippen LogP contribution is 2.28. The number of hydrogen-bond donors (Lipinski definition) is 1. The van der Waals surface area contributed by atoms with Gasteiger partial charge in [-0.1, -0.05) is 6.07 Å². The average molecular weight is 339 g/mol. The minimum Gasteiger partial charge on any atom is -0.493 e. The standard InChI is InChI=1S/C19H21N3O3/c1-13(11-14-5-6-16(24-2)17(12-14)25-3)21-19(23)15-7-10-22-9-4-8-20-18(15)22/h4-10,12-13H,11H2,1-3H3,(H,21,23). The van der Waals surface area contributed by atoms with E-state index in [4.69, 9.17) is 9.47 Å². The molecule has 6 nitrogen and oxygen atoms in total. The van der Waals surface area contributed by atoms with Crippen LogP contribution in [0.3, 0.4) is 0 Å². The Morgan fingerprint density at radius 3 is 2.76 bits per heavy atom. The van der Waals surface area contributed by atoms with E-state index >= 15 is 0 Å². The Bertz CT molecular complexity index is 889. The Morgan fingerprint density at radius 1 is 1.20 bits per heavy atom. The van der Waals surface area contributed by atoms with E-state index < -0.39 is 0 Å². The number of carbonyl (C=O) groups is 1. The predicted octanol–water partition coefficient (Wildman–Crippen LogP) is 2.71. The third-order valence-corrected chi connectivity index (χ3v) is 4.03. The van der Waals surface area contributed by atoms with E-state index in [0.29, 0.717) is 29.1 Å². The van der Waals surface area contributed by atoms with Gasteiger partial charge in [-0.05, 0) is 43.2 Å². The largest absolute Gasteiger partial charge is 0.493 e. The molecule has 1 atom stereocenters. The molecule has 2 heterocycles. The topological polar surface area (TPSA) is 64.9 Å². The van der Waals surface area contributed by atoms with Crippen LogP contribution in [0, 0.1) is 0 Å². The Labute approximate surface area is 146 Å². The van der Waals surface area contributed by atoms with Crippen molar-refractivity contribution in [1.82, 2.24) is 14.7 Å². The molecule has 0 fully saturated rings. The molecule has 0 saturated carbocycles. The molecule has 1 amide bonds. The molecule has 6 heteroatoms. The summed E-state index contributed by atoms with van der Waals surface area (Å²) in [6.45, 7) is 1.97. The molecule has 130 valence electrons. The van der Waals surface area contributed by atoms with E-state index in [1.54, 1.807) is 26.5 Å². The summed E-state index contributed by atoms with van der Waals surface area (Å²) in [5.41, 5.74) is 2.28. The van der Waals surface area contributed by atoms with Crippen molar-refractivity contribution in [2.24, 2.45) is 0 Å². The van der Waals surface area contributed by atoms with Crippen LogP contribution in [0.25, 0.3) is 5.65 Å². The van der Waals surface area contributed by atoms with Crippen LogP contribution in [0.2, 0.25) is 0 Å². The molecular formula is C19H21N3O3. The van der Waals surface area contributed by atoms with Gasteiger partial charge in [-0.2, -0.15) is 0 Å². The lowest BCUT2D eigenvalue weighted by Gasteiger charge is -2.15. The SMILES string of the molecule is COc1ccc(CC(C)NC(=O)c2ccn3cccnc23)cc1OC. The fourth-order valence-electron chi connectivity index (χ4n) is 2.83. The highest BCUT2D eigenvalue weighted by Gasteiger charge is 2.15. The Morgan fingerprint density at radius 2 is 2.00 bits per heavy atom. The molecule has 0 bridgehead atoms. The van der Waals surface area contributed by atoms with E-state index in [2.05, 4.69) is 10.3 Å². The Balaban J connectivity index is 1.70. The van der Waals surface area contributed by atoms with Gasteiger partial charge in [-0.3, -0.25) is 4.79 Å². The molecule has 3 aromatic rings. The number of amides is 1. The van der Waals surface area contributed by atoms with Crippen molar-refractivity contribution >= 4 is 11.6 Å². The Hall–Kier alpha value is -3.02. The molecule has 1 N–H and O–H groups in total. The van der Waals surface area contributed by atoms with Gasteiger partial charge in [-0.25, -0.2) is 4.98 Å². The van der Waals surface area contributed by atoms with Crippen molar-refractivity contribution in [3.8, 4) is 11.5 Å². The lowest BCUT2D eigenvalue weighted by molar-refractivity contribution is 0.0941. The molecule has 0 radical (unpaired) electrons.